The topological polar surface area (TPSA) is 35.2 Å². The Morgan fingerprint density at radius 1 is 1.40 bits per heavy atom. The van der Waals surface area contributed by atoms with Crippen LogP contribution in [0.25, 0.3) is 0 Å². The molecule has 2 nitrogen and oxygen atoms in total. The molecule has 0 aliphatic rings. The van der Waals surface area contributed by atoms with Gasteiger partial charge < -0.3 is 10.5 Å². The van der Waals surface area contributed by atoms with E-state index in [1.807, 2.05) is 26.0 Å². The molecule has 0 atom stereocenters. The van der Waals surface area contributed by atoms with Gasteiger partial charge >= 0.3 is 0 Å². The molecule has 1 aromatic rings. The van der Waals surface area contributed by atoms with Crippen molar-refractivity contribution < 1.29 is 4.74 Å². The van der Waals surface area contributed by atoms with Gasteiger partial charge in [-0.15, -0.1) is 0 Å². The predicted molar refractivity (Wildman–Crippen MR) is 64.7 cm³/mol. The molecular weight excluding hydrogens is 210 g/mol. The van der Waals surface area contributed by atoms with Gasteiger partial charge in [-0.05, 0) is 56.5 Å². The van der Waals surface area contributed by atoms with E-state index in [1.165, 1.54) is 0 Å². The maximum Gasteiger partial charge on any atom is 0.125 e. The van der Waals surface area contributed by atoms with Gasteiger partial charge in [-0.25, -0.2) is 0 Å². The SMILES string of the molecule is CCOc1c(C)cc(Cl)cc1CCCN. The van der Waals surface area contributed by atoms with E-state index in [0.717, 1.165) is 34.7 Å². The van der Waals surface area contributed by atoms with Crippen molar-refractivity contribution in [2.45, 2.75) is 26.7 Å². The molecule has 15 heavy (non-hydrogen) atoms. The van der Waals surface area contributed by atoms with Gasteiger partial charge in [-0.2, -0.15) is 0 Å². The lowest BCUT2D eigenvalue weighted by atomic mass is 10.1. The summed E-state index contributed by atoms with van der Waals surface area (Å²) in [5.74, 6) is 0.968. The van der Waals surface area contributed by atoms with Crippen LogP contribution in [-0.2, 0) is 6.42 Å². The number of rotatable bonds is 5. The van der Waals surface area contributed by atoms with Gasteiger partial charge in [0.15, 0.2) is 0 Å². The first-order valence-corrected chi connectivity index (χ1v) is 5.68. The normalized spacial score (nSPS) is 10.4. The molecule has 0 fully saturated rings. The van der Waals surface area contributed by atoms with Crippen molar-refractivity contribution in [2.75, 3.05) is 13.2 Å². The van der Waals surface area contributed by atoms with Crippen LogP contribution in [0.5, 0.6) is 5.75 Å². The number of hydrogen-bond donors (Lipinski definition) is 1. The average molecular weight is 228 g/mol. The third-order valence-electron chi connectivity index (χ3n) is 2.26. The van der Waals surface area contributed by atoms with Gasteiger partial charge in [0, 0.05) is 5.02 Å². The van der Waals surface area contributed by atoms with Crippen molar-refractivity contribution in [2.24, 2.45) is 5.73 Å². The Morgan fingerprint density at radius 2 is 2.13 bits per heavy atom. The molecule has 3 heteroatoms. The molecule has 0 unspecified atom stereocenters. The van der Waals surface area contributed by atoms with Crippen LogP contribution in [-0.4, -0.2) is 13.2 Å². The Bertz CT molecular complexity index is 326. The maximum absolute atomic E-state index is 6.01. The molecule has 0 saturated heterocycles. The summed E-state index contributed by atoms with van der Waals surface area (Å²) in [5.41, 5.74) is 7.76. The number of ether oxygens (including phenoxy) is 1. The number of aryl methyl sites for hydroxylation is 2. The van der Waals surface area contributed by atoms with Crippen LogP contribution < -0.4 is 10.5 Å². The minimum atomic E-state index is 0.679. The van der Waals surface area contributed by atoms with Crippen LogP contribution >= 0.6 is 11.6 Å². The molecule has 0 amide bonds. The minimum absolute atomic E-state index is 0.679. The first-order valence-electron chi connectivity index (χ1n) is 5.31. The van der Waals surface area contributed by atoms with Gasteiger partial charge in [0.25, 0.3) is 0 Å². The third kappa shape index (κ3) is 3.40. The second-order valence-corrected chi connectivity index (χ2v) is 3.97. The quantitative estimate of drug-likeness (QED) is 0.840. The van der Waals surface area contributed by atoms with Crippen LogP contribution in [0.4, 0.5) is 0 Å². The Labute approximate surface area is 96.4 Å². The number of benzene rings is 1. The summed E-state index contributed by atoms with van der Waals surface area (Å²) < 4.78 is 5.62. The highest BCUT2D eigenvalue weighted by Gasteiger charge is 2.08. The maximum atomic E-state index is 6.01. The zero-order valence-corrected chi connectivity index (χ0v) is 10.1. The summed E-state index contributed by atoms with van der Waals surface area (Å²) in [6.07, 6.45) is 1.88. The molecule has 1 rings (SSSR count). The van der Waals surface area contributed by atoms with Crippen molar-refractivity contribution in [3.05, 3.63) is 28.3 Å². The van der Waals surface area contributed by atoms with Gasteiger partial charge in [0.2, 0.25) is 0 Å². The highest BCUT2D eigenvalue weighted by molar-refractivity contribution is 6.30. The molecule has 1 aromatic carbocycles. The summed E-state index contributed by atoms with van der Waals surface area (Å²) in [7, 11) is 0. The Hall–Kier alpha value is -0.730. The number of nitrogens with two attached hydrogens (primary N) is 1. The lowest BCUT2D eigenvalue weighted by molar-refractivity contribution is 0.334. The standard InChI is InChI=1S/C12H18ClNO/c1-3-15-12-9(2)7-11(13)8-10(12)5-4-6-14/h7-8H,3-6,14H2,1-2H3. The van der Waals surface area contributed by atoms with Crippen LogP contribution in [0.2, 0.25) is 5.02 Å². The van der Waals surface area contributed by atoms with E-state index in [9.17, 15) is 0 Å². The van der Waals surface area contributed by atoms with E-state index in [2.05, 4.69) is 0 Å². The van der Waals surface area contributed by atoms with Crippen molar-refractivity contribution in [1.29, 1.82) is 0 Å². The Kier molecular flexibility index (Phi) is 4.92. The highest BCUT2D eigenvalue weighted by Crippen LogP contribution is 2.28. The highest BCUT2D eigenvalue weighted by atomic mass is 35.5. The predicted octanol–water partition coefficient (Wildman–Crippen LogP) is 2.94. The lowest BCUT2D eigenvalue weighted by Gasteiger charge is -2.13. The monoisotopic (exact) mass is 227 g/mol. The van der Waals surface area contributed by atoms with Gasteiger partial charge in [-0.3, -0.25) is 0 Å². The molecule has 0 saturated carbocycles. The molecule has 0 radical (unpaired) electrons. The van der Waals surface area contributed by atoms with Crippen molar-refractivity contribution in [3.63, 3.8) is 0 Å². The first kappa shape index (κ1) is 12.3. The largest absolute Gasteiger partial charge is 0.493 e. The average Bonchev–Trinajstić information content (AvgIpc) is 2.19. The van der Waals surface area contributed by atoms with E-state index in [4.69, 9.17) is 22.1 Å². The zero-order valence-electron chi connectivity index (χ0n) is 9.35. The summed E-state index contributed by atoms with van der Waals surface area (Å²) in [6.45, 7) is 5.37. The second-order valence-electron chi connectivity index (χ2n) is 3.54. The van der Waals surface area contributed by atoms with Crippen LogP contribution in [0.15, 0.2) is 12.1 Å². The second kappa shape index (κ2) is 5.99. The Balaban J connectivity index is 2.97. The lowest BCUT2D eigenvalue weighted by Crippen LogP contribution is -2.03. The van der Waals surface area contributed by atoms with E-state index in [0.29, 0.717) is 13.2 Å². The fourth-order valence-corrected chi connectivity index (χ4v) is 1.92. The summed E-state index contributed by atoms with van der Waals surface area (Å²) in [6, 6.07) is 3.90. The third-order valence-corrected chi connectivity index (χ3v) is 2.47. The molecule has 84 valence electrons. The van der Waals surface area contributed by atoms with Crippen LogP contribution in [0.1, 0.15) is 24.5 Å². The van der Waals surface area contributed by atoms with Crippen molar-refractivity contribution in [1.82, 2.24) is 0 Å². The molecule has 0 aromatic heterocycles. The van der Waals surface area contributed by atoms with E-state index < -0.39 is 0 Å². The Morgan fingerprint density at radius 3 is 2.73 bits per heavy atom. The molecule has 0 aliphatic carbocycles. The molecule has 2 N–H and O–H groups in total. The van der Waals surface area contributed by atoms with Crippen LogP contribution in [0.3, 0.4) is 0 Å². The van der Waals surface area contributed by atoms with Crippen molar-refractivity contribution >= 4 is 11.6 Å². The minimum Gasteiger partial charge on any atom is -0.493 e. The van der Waals surface area contributed by atoms with Gasteiger partial charge in [-0.1, -0.05) is 11.6 Å². The molecule has 0 heterocycles. The number of hydrogen-bond acceptors (Lipinski definition) is 2. The summed E-state index contributed by atoms with van der Waals surface area (Å²) >= 11 is 6.01. The fraction of sp³-hybridized carbons (Fsp3) is 0.500. The molecule has 0 aliphatic heterocycles. The van der Waals surface area contributed by atoms with Gasteiger partial charge in [0.05, 0.1) is 6.61 Å². The number of halogens is 1. The smallest absolute Gasteiger partial charge is 0.125 e. The fourth-order valence-electron chi connectivity index (χ4n) is 1.63. The van der Waals surface area contributed by atoms with Crippen LogP contribution in [0, 0.1) is 6.92 Å². The zero-order chi connectivity index (χ0) is 11.3. The van der Waals surface area contributed by atoms with E-state index in [1.54, 1.807) is 0 Å². The van der Waals surface area contributed by atoms with Gasteiger partial charge in [0.1, 0.15) is 5.75 Å². The first-order chi connectivity index (χ1) is 7.19. The van der Waals surface area contributed by atoms with Crippen molar-refractivity contribution in [3.8, 4) is 5.75 Å². The molecule has 0 spiro atoms. The van der Waals surface area contributed by atoms with E-state index in [-0.39, 0.29) is 0 Å². The summed E-state index contributed by atoms with van der Waals surface area (Å²) in [5, 5.41) is 0.767. The molecular formula is C12H18ClNO. The molecule has 0 bridgehead atoms. The van der Waals surface area contributed by atoms with E-state index >= 15 is 0 Å². The summed E-state index contributed by atoms with van der Waals surface area (Å²) in [4.78, 5) is 0.